The number of aromatic nitrogens is 3. The van der Waals surface area contributed by atoms with Crippen molar-refractivity contribution < 1.29 is 18.7 Å². The van der Waals surface area contributed by atoms with Crippen LogP contribution in [0, 0.1) is 0 Å². The molecule has 0 spiro atoms. The molecule has 1 aliphatic carbocycles. The lowest BCUT2D eigenvalue weighted by atomic mass is 10.2. The molecule has 1 aromatic carbocycles. The van der Waals surface area contributed by atoms with E-state index in [1.807, 2.05) is 30.3 Å². The molecule has 1 N–H and O–H groups in total. The standard InChI is InChI=1S/C21H24N4O4S/c1-27-17-8-5-14(10-18(17)28-2)11-22-19(26)13-30-21-24-23-20(15-6-7-15)25(21)12-16-4-3-9-29-16/h3-5,8-10,15H,6-7,11-13H2,1-2H3,(H,22,26). The first kappa shape index (κ1) is 20.3. The smallest absolute Gasteiger partial charge is 0.230 e. The predicted molar refractivity (Wildman–Crippen MR) is 112 cm³/mol. The van der Waals surface area contributed by atoms with Crippen LogP contribution in [0.4, 0.5) is 0 Å². The first-order chi connectivity index (χ1) is 14.7. The normalized spacial score (nSPS) is 13.3. The van der Waals surface area contributed by atoms with E-state index in [1.165, 1.54) is 11.8 Å². The number of carbonyl (C=O) groups excluding carboxylic acids is 1. The Morgan fingerprint density at radius 2 is 2.07 bits per heavy atom. The maximum Gasteiger partial charge on any atom is 0.230 e. The highest BCUT2D eigenvalue weighted by molar-refractivity contribution is 7.99. The molecule has 1 aliphatic rings. The van der Waals surface area contributed by atoms with Gasteiger partial charge in [-0.25, -0.2) is 0 Å². The molecule has 30 heavy (non-hydrogen) atoms. The van der Waals surface area contributed by atoms with E-state index in [1.54, 1.807) is 20.5 Å². The monoisotopic (exact) mass is 428 g/mol. The molecule has 158 valence electrons. The van der Waals surface area contributed by atoms with E-state index in [-0.39, 0.29) is 11.7 Å². The molecule has 0 unspecified atom stereocenters. The minimum Gasteiger partial charge on any atom is -0.493 e. The molecular weight excluding hydrogens is 404 g/mol. The molecule has 2 heterocycles. The summed E-state index contributed by atoms with van der Waals surface area (Å²) < 4.78 is 18.1. The van der Waals surface area contributed by atoms with Crippen molar-refractivity contribution in [1.29, 1.82) is 0 Å². The molecule has 8 nitrogen and oxygen atoms in total. The highest BCUT2D eigenvalue weighted by Crippen LogP contribution is 2.40. The first-order valence-electron chi connectivity index (χ1n) is 9.73. The SMILES string of the molecule is COc1ccc(CNC(=O)CSc2nnc(C3CC3)n2Cc2ccco2)cc1OC. The lowest BCUT2D eigenvalue weighted by Crippen LogP contribution is -2.24. The van der Waals surface area contributed by atoms with Gasteiger partial charge in [0.2, 0.25) is 5.91 Å². The van der Waals surface area contributed by atoms with Gasteiger partial charge in [-0.2, -0.15) is 0 Å². The summed E-state index contributed by atoms with van der Waals surface area (Å²) in [4.78, 5) is 12.4. The maximum atomic E-state index is 12.4. The Hall–Kier alpha value is -2.94. The number of carbonyl (C=O) groups is 1. The van der Waals surface area contributed by atoms with Crippen LogP contribution in [0.15, 0.2) is 46.2 Å². The fraction of sp³-hybridized carbons (Fsp3) is 0.381. The number of hydrogen-bond acceptors (Lipinski definition) is 7. The van der Waals surface area contributed by atoms with Crippen molar-refractivity contribution >= 4 is 17.7 Å². The Kier molecular flexibility index (Phi) is 6.27. The zero-order chi connectivity index (χ0) is 20.9. The van der Waals surface area contributed by atoms with E-state index in [0.29, 0.717) is 30.5 Å². The van der Waals surface area contributed by atoms with Gasteiger partial charge in [0, 0.05) is 12.5 Å². The number of benzene rings is 1. The molecule has 1 saturated carbocycles. The second-order valence-electron chi connectivity index (χ2n) is 7.04. The Morgan fingerprint density at radius 1 is 1.23 bits per heavy atom. The van der Waals surface area contributed by atoms with Crippen LogP contribution < -0.4 is 14.8 Å². The van der Waals surface area contributed by atoms with Crippen molar-refractivity contribution in [2.45, 2.75) is 37.0 Å². The van der Waals surface area contributed by atoms with Crippen LogP contribution in [0.3, 0.4) is 0 Å². The molecule has 4 rings (SSSR count). The lowest BCUT2D eigenvalue weighted by Gasteiger charge is -2.11. The van der Waals surface area contributed by atoms with Crippen LogP contribution in [-0.2, 0) is 17.9 Å². The quantitative estimate of drug-likeness (QED) is 0.496. The Bertz CT molecular complexity index is 999. The number of rotatable bonds is 10. The molecule has 1 fully saturated rings. The van der Waals surface area contributed by atoms with Crippen molar-refractivity contribution in [3.8, 4) is 11.5 Å². The number of thioether (sulfide) groups is 1. The molecule has 0 atom stereocenters. The number of amides is 1. The van der Waals surface area contributed by atoms with Gasteiger partial charge in [-0.15, -0.1) is 10.2 Å². The van der Waals surface area contributed by atoms with E-state index >= 15 is 0 Å². The zero-order valence-corrected chi connectivity index (χ0v) is 17.8. The Morgan fingerprint density at radius 3 is 2.77 bits per heavy atom. The molecule has 2 aromatic heterocycles. The van der Waals surface area contributed by atoms with Gasteiger partial charge >= 0.3 is 0 Å². The van der Waals surface area contributed by atoms with E-state index in [0.717, 1.165) is 35.1 Å². The van der Waals surface area contributed by atoms with Crippen molar-refractivity contribution in [2.75, 3.05) is 20.0 Å². The summed E-state index contributed by atoms with van der Waals surface area (Å²) in [6.45, 7) is 0.980. The number of methoxy groups -OCH3 is 2. The fourth-order valence-electron chi connectivity index (χ4n) is 3.13. The Balaban J connectivity index is 1.35. The van der Waals surface area contributed by atoms with Gasteiger partial charge in [0.05, 0.1) is 32.8 Å². The van der Waals surface area contributed by atoms with Crippen molar-refractivity contribution in [1.82, 2.24) is 20.1 Å². The van der Waals surface area contributed by atoms with Crippen LogP contribution in [0.25, 0.3) is 0 Å². The summed E-state index contributed by atoms with van der Waals surface area (Å²) in [5, 5.41) is 12.3. The number of nitrogens with one attached hydrogen (secondary N) is 1. The van der Waals surface area contributed by atoms with Crippen LogP contribution in [0.5, 0.6) is 11.5 Å². The lowest BCUT2D eigenvalue weighted by molar-refractivity contribution is -0.118. The van der Waals surface area contributed by atoms with E-state index in [4.69, 9.17) is 13.9 Å². The third kappa shape index (κ3) is 4.79. The second-order valence-corrected chi connectivity index (χ2v) is 7.98. The minimum absolute atomic E-state index is 0.0738. The Labute approximate surface area is 179 Å². The molecule has 1 amide bonds. The third-order valence-electron chi connectivity index (χ3n) is 4.85. The van der Waals surface area contributed by atoms with Gasteiger partial charge in [0.1, 0.15) is 11.6 Å². The topological polar surface area (TPSA) is 91.4 Å². The van der Waals surface area contributed by atoms with Gasteiger partial charge in [-0.3, -0.25) is 9.36 Å². The molecule has 0 radical (unpaired) electrons. The molecule has 0 bridgehead atoms. The number of furan rings is 1. The number of nitrogens with zero attached hydrogens (tertiary/aromatic N) is 3. The van der Waals surface area contributed by atoms with Gasteiger partial charge in [-0.05, 0) is 42.7 Å². The zero-order valence-electron chi connectivity index (χ0n) is 17.0. The molecule has 9 heteroatoms. The third-order valence-corrected chi connectivity index (χ3v) is 5.82. The molecule has 3 aromatic rings. The predicted octanol–water partition coefficient (Wildman–Crippen LogP) is 3.22. The summed E-state index contributed by atoms with van der Waals surface area (Å²) in [7, 11) is 3.18. The average molecular weight is 429 g/mol. The van der Waals surface area contributed by atoms with Crippen LogP contribution in [0.1, 0.15) is 35.9 Å². The van der Waals surface area contributed by atoms with Gasteiger partial charge in [-0.1, -0.05) is 17.8 Å². The van der Waals surface area contributed by atoms with Crippen molar-refractivity contribution in [3.63, 3.8) is 0 Å². The molecule has 0 saturated heterocycles. The van der Waals surface area contributed by atoms with Crippen molar-refractivity contribution in [2.24, 2.45) is 0 Å². The van der Waals surface area contributed by atoms with Gasteiger partial charge in [0.25, 0.3) is 0 Å². The summed E-state index contributed by atoms with van der Waals surface area (Å²) in [5.74, 6) is 3.75. The summed E-state index contributed by atoms with van der Waals surface area (Å²) in [5.41, 5.74) is 0.933. The van der Waals surface area contributed by atoms with Crippen molar-refractivity contribution in [3.05, 3.63) is 53.7 Å². The second kappa shape index (κ2) is 9.25. The van der Waals surface area contributed by atoms with Crippen LogP contribution in [-0.4, -0.2) is 40.6 Å². The number of ether oxygens (including phenoxy) is 2. The van der Waals surface area contributed by atoms with Crippen LogP contribution in [0.2, 0.25) is 0 Å². The highest BCUT2D eigenvalue weighted by atomic mass is 32.2. The van der Waals surface area contributed by atoms with Gasteiger partial charge < -0.3 is 19.2 Å². The van der Waals surface area contributed by atoms with E-state index in [9.17, 15) is 4.79 Å². The molecular formula is C21H24N4O4S. The summed E-state index contributed by atoms with van der Waals surface area (Å²) in [6.07, 6.45) is 3.92. The maximum absolute atomic E-state index is 12.4. The number of hydrogen-bond donors (Lipinski definition) is 1. The summed E-state index contributed by atoms with van der Waals surface area (Å²) >= 11 is 1.38. The van der Waals surface area contributed by atoms with E-state index in [2.05, 4.69) is 20.1 Å². The average Bonchev–Trinajstić information content (AvgIpc) is 3.33. The fourth-order valence-corrected chi connectivity index (χ4v) is 3.90. The largest absolute Gasteiger partial charge is 0.493 e. The minimum atomic E-state index is -0.0738. The van der Waals surface area contributed by atoms with Crippen LogP contribution >= 0.6 is 11.8 Å². The van der Waals surface area contributed by atoms with Gasteiger partial charge in [0.15, 0.2) is 16.7 Å². The highest BCUT2D eigenvalue weighted by Gasteiger charge is 2.30. The summed E-state index contributed by atoms with van der Waals surface area (Å²) in [6, 6.07) is 9.38. The first-order valence-corrected chi connectivity index (χ1v) is 10.7. The van der Waals surface area contributed by atoms with E-state index < -0.39 is 0 Å². The molecule has 0 aliphatic heterocycles.